The lowest BCUT2D eigenvalue weighted by Gasteiger charge is -2.09. The van der Waals surface area contributed by atoms with Crippen molar-refractivity contribution in [3.05, 3.63) is 84.2 Å². The fraction of sp³-hybridized carbons (Fsp3) is 0.100. The fourth-order valence-corrected chi connectivity index (χ4v) is 4.19. The fourth-order valence-electron chi connectivity index (χ4n) is 2.92. The molecule has 6 nitrogen and oxygen atoms in total. The van der Waals surface area contributed by atoms with Gasteiger partial charge in [-0.2, -0.15) is 5.10 Å². The van der Waals surface area contributed by atoms with Crippen LogP contribution in [0, 0.1) is 6.92 Å². The Morgan fingerprint density at radius 1 is 1.04 bits per heavy atom. The number of hydrogen-bond donors (Lipinski definition) is 1. The first-order chi connectivity index (χ1) is 13.0. The van der Waals surface area contributed by atoms with Gasteiger partial charge >= 0.3 is 0 Å². The number of aromatic nitrogens is 3. The van der Waals surface area contributed by atoms with Gasteiger partial charge in [0.1, 0.15) is 0 Å². The quantitative estimate of drug-likeness (QED) is 0.579. The number of fused-ring (bicyclic) bond motifs is 1. The van der Waals surface area contributed by atoms with Gasteiger partial charge in [-0.3, -0.25) is 0 Å². The first-order valence-corrected chi connectivity index (χ1v) is 9.96. The van der Waals surface area contributed by atoms with Crippen LogP contribution in [0.2, 0.25) is 0 Å². The van der Waals surface area contributed by atoms with E-state index in [1.54, 1.807) is 35.8 Å². The second-order valence-corrected chi connectivity index (χ2v) is 7.98. The van der Waals surface area contributed by atoms with Crippen LogP contribution in [0.1, 0.15) is 11.1 Å². The molecular formula is C20H18N4O2S. The normalized spacial score (nSPS) is 11.7. The molecule has 7 heteroatoms. The van der Waals surface area contributed by atoms with E-state index in [0.29, 0.717) is 4.90 Å². The van der Waals surface area contributed by atoms with Crippen molar-refractivity contribution < 1.29 is 8.42 Å². The number of sulfonamides is 1. The lowest BCUT2D eigenvalue weighted by molar-refractivity contribution is 0.580. The topological polar surface area (TPSA) is 76.4 Å². The Morgan fingerprint density at radius 3 is 2.70 bits per heavy atom. The van der Waals surface area contributed by atoms with E-state index in [2.05, 4.69) is 14.8 Å². The second kappa shape index (κ2) is 6.94. The minimum atomic E-state index is -3.57. The number of hydrogen-bond acceptors (Lipinski definition) is 4. The van der Waals surface area contributed by atoms with Gasteiger partial charge in [-0.15, -0.1) is 0 Å². The van der Waals surface area contributed by atoms with Crippen LogP contribution in [0.25, 0.3) is 16.9 Å². The van der Waals surface area contributed by atoms with Crippen molar-refractivity contribution in [3.63, 3.8) is 0 Å². The molecule has 0 saturated carbocycles. The third-order valence-electron chi connectivity index (χ3n) is 4.31. The Morgan fingerprint density at radius 2 is 1.89 bits per heavy atom. The molecule has 0 amide bonds. The number of benzene rings is 2. The molecule has 0 unspecified atom stereocenters. The van der Waals surface area contributed by atoms with Crippen LogP contribution in [0.4, 0.5) is 0 Å². The Bertz CT molecular complexity index is 1180. The van der Waals surface area contributed by atoms with Gasteiger partial charge in [-0.05, 0) is 42.3 Å². The van der Waals surface area contributed by atoms with Crippen LogP contribution in [0.15, 0.2) is 78.0 Å². The molecule has 2 heterocycles. The van der Waals surface area contributed by atoms with Gasteiger partial charge in [0.15, 0.2) is 5.65 Å². The van der Waals surface area contributed by atoms with E-state index in [1.807, 2.05) is 48.7 Å². The lowest BCUT2D eigenvalue weighted by atomic mass is 10.1. The molecule has 0 bridgehead atoms. The highest BCUT2D eigenvalue weighted by atomic mass is 32.2. The molecular weight excluding hydrogens is 360 g/mol. The summed E-state index contributed by atoms with van der Waals surface area (Å²) in [5.41, 5.74) is 4.04. The zero-order chi connectivity index (χ0) is 18.9. The third-order valence-corrected chi connectivity index (χ3v) is 5.87. The molecule has 136 valence electrons. The molecule has 0 saturated heterocycles. The van der Waals surface area contributed by atoms with E-state index in [-0.39, 0.29) is 6.54 Å². The molecule has 1 N–H and O–H groups in total. The predicted octanol–water partition coefficient (Wildman–Crippen LogP) is 3.18. The summed E-state index contributed by atoms with van der Waals surface area (Å²) in [6, 6.07) is 18.3. The van der Waals surface area contributed by atoms with Crippen molar-refractivity contribution in [2.75, 3.05) is 0 Å². The van der Waals surface area contributed by atoms with Gasteiger partial charge in [0.05, 0.1) is 16.8 Å². The number of aryl methyl sites for hydroxylation is 1. The van der Waals surface area contributed by atoms with E-state index < -0.39 is 10.0 Å². The maximum Gasteiger partial charge on any atom is 0.241 e. The van der Waals surface area contributed by atoms with E-state index in [0.717, 1.165) is 28.0 Å². The molecule has 0 fully saturated rings. The Kier molecular flexibility index (Phi) is 4.47. The largest absolute Gasteiger partial charge is 0.241 e. The van der Waals surface area contributed by atoms with Crippen molar-refractivity contribution in [3.8, 4) is 11.3 Å². The standard InChI is InChI=1S/C20H18N4O2S/c1-15-6-2-3-9-19(15)27(25,26)22-13-16-7-4-8-17(12-16)18-14-24-20(23-18)10-5-11-21-24/h2-12,14,22H,13H2,1H3. The van der Waals surface area contributed by atoms with Gasteiger partial charge < -0.3 is 0 Å². The van der Waals surface area contributed by atoms with Crippen molar-refractivity contribution in [2.45, 2.75) is 18.4 Å². The lowest BCUT2D eigenvalue weighted by Crippen LogP contribution is -2.23. The van der Waals surface area contributed by atoms with Gasteiger partial charge in [0.25, 0.3) is 0 Å². The first kappa shape index (κ1) is 17.4. The van der Waals surface area contributed by atoms with Crippen LogP contribution in [-0.2, 0) is 16.6 Å². The van der Waals surface area contributed by atoms with Crippen LogP contribution in [0.5, 0.6) is 0 Å². The highest BCUT2D eigenvalue weighted by molar-refractivity contribution is 7.89. The van der Waals surface area contributed by atoms with Gasteiger partial charge in [-0.25, -0.2) is 22.6 Å². The minimum absolute atomic E-state index is 0.204. The summed E-state index contributed by atoms with van der Waals surface area (Å²) in [4.78, 5) is 4.85. The summed E-state index contributed by atoms with van der Waals surface area (Å²) in [5.74, 6) is 0. The van der Waals surface area contributed by atoms with E-state index in [9.17, 15) is 8.42 Å². The molecule has 0 aliphatic rings. The first-order valence-electron chi connectivity index (χ1n) is 8.48. The second-order valence-electron chi connectivity index (χ2n) is 6.24. The van der Waals surface area contributed by atoms with Gasteiger partial charge in [0, 0.05) is 18.3 Å². The summed E-state index contributed by atoms with van der Waals surface area (Å²) >= 11 is 0. The maximum absolute atomic E-state index is 12.6. The summed E-state index contributed by atoms with van der Waals surface area (Å²) in [5, 5.41) is 4.22. The third kappa shape index (κ3) is 3.60. The highest BCUT2D eigenvalue weighted by Crippen LogP contribution is 2.20. The molecule has 2 aromatic heterocycles. The number of imidazole rings is 1. The molecule has 0 aliphatic heterocycles. The average molecular weight is 378 g/mol. The zero-order valence-corrected chi connectivity index (χ0v) is 15.5. The van der Waals surface area contributed by atoms with Crippen LogP contribution in [0.3, 0.4) is 0 Å². The van der Waals surface area contributed by atoms with Crippen LogP contribution in [-0.4, -0.2) is 23.0 Å². The molecule has 27 heavy (non-hydrogen) atoms. The molecule has 4 aromatic rings. The van der Waals surface area contributed by atoms with Crippen LogP contribution >= 0.6 is 0 Å². The SMILES string of the molecule is Cc1ccccc1S(=O)(=O)NCc1cccc(-c2cn3ncccc3n2)c1. The average Bonchev–Trinajstić information content (AvgIpc) is 3.11. The highest BCUT2D eigenvalue weighted by Gasteiger charge is 2.16. The minimum Gasteiger partial charge on any atom is -0.227 e. The number of rotatable bonds is 5. The van der Waals surface area contributed by atoms with E-state index in [4.69, 9.17) is 0 Å². The Balaban J connectivity index is 1.57. The number of nitrogens with one attached hydrogen (secondary N) is 1. The molecule has 2 aromatic carbocycles. The molecule has 0 spiro atoms. The van der Waals surface area contributed by atoms with Crippen LogP contribution < -0.4 is 4.72 Å². The monoisotopic (exact) mass is 378 g/mol. The van der Waals surface area contributed by atoms with Crippen molar-refractivity contribution in [1.82, 2.24) is 19.3 Å². The van der Waals surface area contributed by atoms with E-state index in [1.165, 1.54) is 0 Å². The van der Waals surface area contributed by atoms with Crippen molar-refractivity contribution >= 4 is 15.7 Å². The summed E-state index contributed by atoms with van der Waals surface area (Å²) < 4.78 is 29.5. The maximum atomic E-state index is 12.6. The van der Waals surface area contributed by atoms with Crippen molar-refractivity contribution in [1.29, 1.82) is 0 Å². The molecule has 4 rings (SSSR count). The molecule has 0 radical (unpaired) electrons. The summed E-state index contributed by atoms with van der Waals surface area (Å²) in [6.45, 7) is 1.99. The molecule has 0 aliphatic carbocycles. The predicted molar refractivity (Wildman–Crippen MR) is 104 cm³/mol. The Hall–Kier alpha value is -3.03. The van der Waals surface area contributed by atoms with E-state index >= 15 is 0 Å². The zero-order valence-electron chi connectivity index (χ0n) is 14.7. The smallest absolute Gasteiger partial charge is 0.227 e. The summed E-state index contributed by atoms with van der Waals surface area (Å²) in [6.07, 6.45) is 3.56. The van der Waals surface area contributed by atoms with Crippen molar-refractivity contribution in [2.24, 2.45) is 0 Å². The molecule has 0 atom stereocenters. The Labute approximate surface area is 157 Å². The van der Waals surface area contributed by atoms with Gasteiger partial charge in [-0.1, -0.05) is 36.4 Å². The van der Waals surface area contributed by atoms with Gasteiger partial charge in [0.2, 0.25) is 10.0 Å². The number of nitrogens with zero attached hydrogens (tertiary/aromatic N) is 3. The summed E-state index contributed by atoms with van der Waals surface area (Å²) in [7, 11) is -3.57.